The average Bonchev–Trinajstić information content (AvgIpc) is 3.10. The lowest BCUT2D eigenvalue weighted by molar-refractivity contribution is -0.137. The number of aliphatic hydroxyl groups is 1. The van der Waals surface area contributed by atoms with E-state index in [2.05, 4.69) is 40.5 Å². The fourth-order valence-electron chi connectivity index (χ4n) is 5.88. The Kier molecular flexibility index (Phi) is 9.71. The fraction of sp³-hybridized carbons (Fsp3) is 0.406. The van der Waals surface area contributed by atoms with Crippen molar-refractivity contribution in [1.29, 1.82) is 0 Å². The van der Waals surface area contributed by atoms with Crippen LogP contribution < -0.4 is 25.2 Å². The highest BCUT2D eigenvalue weighted by molar-refractivity contribution is 5.90. The highest BCUT2D eigenvalue weighted by atomic mass is 19.4. The van der Waals surface area contributed by atoms with Gasteiger partial charge >= 0.3 is 18.2 Å². The van der Waals surface area contributed by atoms with Crippen LogP contribution in [0.25, 0.3) is 11.1 Å². The Bertz CT molecular complexity index is 1720. The quantitative estimate of drug-likeness (QED) is 0.204. The van der Waals surface area contributed by atoms with Crippen LogP contribution in [0, 0.1) is 0 Å². The van der Waals surface area contributed by atoms with Gasteiger partial charge in [-0.2, -0.15) is 18.2 Å². The minimum absolute atomic E-state index is 0.0225. The van der Waals surface area contributed by atoms with E-state index < -0.39 is 42.9 Å². The minimum atomic E-state index is -4.74. The van der Waals surface area contributed by atoms with Crippen LogP contribution in [0.4, 0.5) is 40.1 Å². The van der Waals surface area contributed by atoms with Crippen LogP contribution in [0.2, 0.25) is 0 Å². The van der Waals surface area contributed by atoms with Crippen molar-refractivity contribution in [1.82, 2.24) is 35.2 Å². The number of hydrogen-bond acceptors (Lipinski definition) is 11. The topological polar surface area (TPSA) is 154 Å². The van der Waals surface area contributed by atoms with Gasteiger partial charge in [0.25, 0.3) is 0 Å². The molecule has 258 valence electrons. The summed E-state index contributed by atoms with van der Waals surface area (Å²) < 4.78 is 60.5. The van der Waals surface area contributed by atoms with Gasteiger partial charge in [0, 0.05) is 60.7 Å². The monoisotopic (exact) mass is 682 g/mol. The van der Waals surface area contributed by atoms with Crippen molar-refractivity contribution in [3.8, 4) is 17.1 Å². The molecule has 1 saturated heterocycles. The van der Waals surface area contributed by atoms with E-state index in [0.717, 1.165) is 10.5 Å². The van der Waals surface area contributed by atoms with E-state index in [1.54, 1.807) is 24.8 Å². The first kappa shape index (κ1) is 33.7. The number of nitrogens with zero attached hydrogens (tertiary/aromatic N) is 8. The van der Waals surface area contributed by atoms with E-state index in [9.17, 15) is 27.5 Å². The smallest absolute Gasteiger partial charge is 0.421 e. The van der Waals surface area contributed by atoms with Crippen LogP contribution in [0.5, 0.6) is 6.01 Å². The summed E-state index contributed by atoms with van der Waals surface area (Å²) in [5.74, 6) is -0.258. The molecule has 1 aromatic carbocycles. The molecule has 3 N–H and O–H groups in total. The summed E-state index contributed by atoms with van der Waals surface area (Å²) in [6.07, 6.45) is 4.40. The number of nitrogens with one attached hydrogen (secondary N) is 2. The van der Waals surface area contributed by atoms with Crippen molar-refractivity contribution in [2.45, 2.75) is 56.2 Å². The summed E-state index contributed by atoms with van der Waals surface area (Å²) in [6, 6.07) is 8.82. The molecule has 0 atom stereocenters. The number of alkyl halides is 4. The number of amides is 2. The second kappa shape index (κ2) is 14.1. The molecule has 0 unspecified atom stereocenters. The molecule has 49 heavy (non-hydrogen) atoms. The van der Waals surface area contributed by atoms with Crippen LogP contribution in [0.3, 0.4) is 0 Å². The SMILES string of the molecule is COc1ncc(-c2cnc(N(C(=O)NCc3ccccc3)C3CCC(Nc4ncc(C(F)(F)F)c(N5CC(F)(CO)C5)n4)CC3)nc2)cn1. The van der Waals surface area contributed by atoms with Crippen LogP contribution in [-0.4, -0.2) is 85.6 Å². The van der Waals surface area contributed by atoms with Gasteiger partial charge in [0.1, 0.15) is 11.4 Å². The normalized spacial score (nSPS) is 18.7. The van der Waals surface area contributed by atoms with E-state index in [0.29, 0.717) is 49.6 Å². The van der Waals surface area contributed by atoms with Crippen LogP contribution >= 0.6 is 0 Å². The predicted octanol–water partition coefficient (Wildman–Crippen LogP) is 4.41. The lowest BCUT2D eigenvalue weighted by atomic mass is 9.90. The molecule has 0 bridgehead atoms. The molecule has 2 fully saturated rings. The first-order valence-electron chi connectivity index (χ1n) is 15.6. The first-order valence-corrected chi connectivity index (χ1v) is 15.6. The molecule has 1 saturated carbocycles. The van der Waals surface area contributed by atoms with Crippen LogP contribution in [-0.2, 0) is 12.7 Å². The molecule has 13 nitrogen and oxygen atoms in total. The molecule has 3 aromatic heterocycles. The number of aromatic nitrogens is 6. The van der Waals surface area contributed by atoms with Gasteiger partial charge in [-0.15, -0.1) is 0 Å². The molecule has 0 spiro atoms. The number of carbonyl (C=O) groups excluding carboxylic acids is 1. The third-order valence-electron chi connectivity index (χ3n) is 8.50. The Balaban J connectivity index is 1.16. The second-order valence-electron chi connectivity index (χ2n) is 12.0. The minimum Gasteiger partial charge on any atom is -0.467 e. The number of anilines is 3. The van der Waals surface area contributed by atoms with Crippen molar-refractivity contribution < 1.29 is 32.2 Å². The van der Waals surface area contributed by atoms with E-state index in [4.69, 9.17) is 4.74 Å². The number of benzene rings is 1. The van der Waals surface area contributed by atoms with Gasteiger partial charge < -0.3 is 25.4 Å². The number of carbonyl (C=O) groups is 1. The standard InChI is InChI=1S/C32H34F4N10O3/c1-49-29-40-14-22(15-41-29)21-12-38-28(39-13-21)46(30(48)42-11-20-5-3-2-4-6-20)24-9-7-23(8-10-24)43-27-37-16-25(32(34,35)36)26(44-27)45-17-31(33,18-45)19-47/h2-6,12-16,23-24,47H,7-11,17-19H2,1H3,(H,42,48)(H,37,43,44). The van der Waals surface area contributed by atoms with E-state index in [1.165, 1.54) is 12.0 Å². The van der Waals surface area contributed by atoms with E-state index in [-0.39, 0.29) is 36.0 Å². The lowest BCUT2D eigenvalue weighted by Gasteiger charge is -2.44. The fourth-order valence-corrected chi connectivity index (χ4v) is 5.88. The Morgan fingerprint density at radius 1 is 0.980 bits per heavy atom. The molecule has 17 heteroatoms. The summed E-state index contributed by atoms with van der Waals surface area (Å²) in [5.41, 5.74) is -0.829. The molecule has 2 aliphatic rings. The highest BCUT2D eigenvalue weighted by Gasteiger charge is 2.47. The lowest BCUT2D eigenvalue weighted by Crippen LogP contribution is -2.61. The number of methoxy groups -OCH3 is 1. The maximum Gasteiger partial charge on any atom is 0.421 e. The van der Waals surface area contributed by atoms with Gasteiger partial charge in [0.15, 0.2) is 5.67 Å². The maximum atomic E-state index is 14.3. The third-order valence-corrected chi connectivity index (χ3v) is 8.50. The molecular weight excluding hydrogens is 648 g/mol. The van der Waals surface area contributed by atoms with Gasteiger partial charge in [-0.3, -0.25) is 4.90 Å². The van der Waals surface area contributed by atoms with Crippen molar-refractivity contribution >= 4 is 23.7 Å². The average molecular weight is 683 g/mol. The van der Waals surface area contributed by atoms with Gasteiger partial charge in [-0.1, -0.05) is 30.3 Å². The molecular formula is C32H34F4N10O3. The number of ether oxygens (including phenoxy) is 1. The Morgan fingerprint density at radius 2 is 1.61 bits per heavy atom. The highest BCUT2D eigenvalue weighted by Crippen LogP contribution is 2.40. The van der Waals surface area contributed by atoms with Crippen molar-refractivity contribution in [2.24, 2.45) is 0 Å². The summed E-state index contributed by atoms with van der Waals surface area (Å²) in [4.78, 5) is 41.6. The molecule has 1 aliphatic carbocycles. The molecule has 4 heterocycles. The van der Waals surface area contributed by atoms with E-state index >= 15 is 0 Å². The number of rotatable bonds is 10. The van der Waals surface area contributed by atoms with E-state index in [1.807, 2.05) is 30.3 Å². The third kappa shape index (κ3) is 7.77. The summed E-state index contributed by atoms with van der Waals surface area (Å²) >= 11 is 0. The van der Waals surface area contributed by atoms with Crippen LogP contribution in [0.1, 0.15) is 36.8 Å². The predicted molar refractivity (Wildman–Crippen MR) is 171 cm³/mol. The van der Waals surface area contributed by atoms with Gasteiger partial charge in [0.2, 0.25) is 11.9 Å². The van der Waals surface area contributed by atoms with Crippen molar-refractivity contribution in [3.05, 3.63) is 72.4 Å². The number of urea groups is 1. The second-order valence-corrected chi connectivity index (χ2v) is 12.0. The summed E-state index contributed by atoms with van der Waals surface area (Å²) in [5, 5.41) is 15.3. The summed E-state index contributed by atoms with van der Waals surface area (Å²) in [6.45, 7) is -1.32. The largest absolute Gasteiger partial charge is 0.467 e. The number of aliphatic hydroxyl groups excluding tert-OH is 1. The molecule has 1 aliphatic heterocycles. The molecule has 6 rings (SSSR count). The van der Waals surface area contributed by atoms with Crippen molar-refractivity contribution in [2.75, 3.05) is 41.9 Å². The Hall–Kier alpha value is -5.19. The molecule has 0 radical (unpaired) electrons. The maximum absolute atomic E-state index is 14.3. The number of halogens is 4. The molecule has 2 amide bonds. The zero-order valence-corrected chi connectivity index (χ0v) is 26.4. The summed E-state index contributed by atoms with van der Waals surface area (Å²) in [7, 11) is 1.47. The van der Waals surface area contributed by atoms with Gasteiger partial charge in [0.05, 0.1) is 26.8 Å². The van der Waals surface area contributed by atoms with Crippen LogP contribution in [0.15, 0.2) is 61.3 Å². The Morgan fingerprint density at radius 3 is 2.20 bits per heavy atom. The van der Waals surface area contributed by atoms with Crippen molar-refractivity contribution in [3.63, 3.8) is 0 Å². The number of hydrogen-bond donors (Lipinski definition) is 3. The molecule has 4 aromatic rings. The Labute approximate surface area is 278 Å². The zero-order valence-electron chi connectivity index (χ0n) is 26.4. The van der Waals surface area contributed by atoms with Gasteiger partial charge in [-0.25, -0.2) is 34.1 Å². The zero-order chi connectivity index (χ0) is 34.6. The van der Waals surface area contributed by atoms with Gasteiger partial charge in [-0.05, 0) is 31.2 Å². The first-order chi connectivity index (χ1) is 23.5.